The summed E-state index contributed by atoms with van der Waals surface area (Å²) in [6.45, 7) is 3.68. The highest BCUT2D eigenvalue weighted by Crippen LogP contribution is 2.33. The van der Waals surface area contributed by atoms with Crippen LogP contribution in [0.5, 0.6) is 0 Å². The summed E-state index contributed by atoms with van der Waals surface area (Å²) in [4.78, 5) is 23.1. The van der Waals surface area contributed by atoms with Gasteiger partial charge >= 0.3 is 0 Å². The molecule has 2 N–H and O–H groups in total. The van der Waals surface area contributed by atoms with Crippen molar-refractivity contribution in [3.63, 3.8) is 0 Å². The molecule has 24 heavy (non-hydrogen) atoms. The van der Waals surface area contributed by atoms with Gasteiger partial charge < -0.3 is 10.2 Å². The van der Waals surface area contributed by atoms with E-state index in [1.165, 1.54) is 0 Å². The van der Waals surface area contributed by atoms with Crippen molar-refractivity contribution in [2.45, 2.75) is 32.6 Å². The van der Waals surface area contributed by atoms with E-state index in [1.54, 1.807) is 6.20 Å². The molecule has 3 heterocycles. The van der Waals surface area contributed by atoms with Gasteiger partial charge in [-0.3, -0.25) is 9.89 Å². The van der Waals surface area contributed by atoms with Gasteiger partial charge in [-0.05, 0) is 38.2 Å². The van der Waals surface area contributed by atoms with E-state index in [1.807, 2.05) is 24.0 Å². The lowest BCUT2D eigenvalue weighted by Crippen LogP contribution is -2.30. The second-order valence-corrected chi connectivity index (χ2v) is 6.84. The van der Waals surface area contributed by atoms with Crippen LogP contribution < -0.4 is 5.32 Å². The molecule has 0 aromatic carbocycles. The molecular weight excluding hydrogens is 304 g/mol. The molecule has 1 amide bonds. The van der Waals surface area contributed by atoms with Gasteiger partial charge in [0.05, 0.1) is 0 Å². The summed E-state index contributed by atoms with van der Waals surface area (Å²) in [5.41, 5.74) is 0.998. The summed E-state index contributed by atoms with van der Waals surface area (Å²) in [7, 11) is 0. The molecule has 2 aromatic rings. The zero-order chi connectivity index (χ0) is 16.5. The first-order chi connectivity index (χ1) is 11.7. The maximum Gasteiger partial charge on any atom is 0.225 e. The van der Waals surface area contributed by atoms with Crippen molar-refractivity contribution in [1.82, 2.24) is 25.1 Å². The molecule has 2 fully saturated rings. The van der Waals surface area contributed by atoms with E-state index in [4.69, 9.17) is 0 Å². The van der Waals surface area contributed by atoms with E-state index in [0.29, 0.717) is 17.7 Å². The van der Waals surface area contributed by atoms with Gasteiger partial charge in [-0.2, -0.15) is 5.10 Å². The van der Waals surface area contributed by atoms with E-state index in [0.717, 1.165) is 61.9 Å². The summed E-state index contributed by atoms with van der Waals surface area (Å²) in [5, 5.41) is 10.2. The number of likely N-dealkylation sites (tertiary alicyclic amines) is 1. The Labute approximate surface area is 140 Å². The largest absolute Gasteiger partial charge is 0.342 e. The first-order valence-corrected chi connectivity index (χ1v) is 8.57. The number of aromatic nitrogens is 4. The number of aromatic amines is 1. The van der Waals surface area contributed by atoms with Crippen molar-refractivity contribution >= 4 is 17.5 Å². The van der Waals surface area contributed by atoms with Crippen LogP contribution in [-0.4, -0.2) is 44.1 Å². The summed E-state index contributed by atoms with van der Waals surface area (Å²) in [6.07, 6.45) is 5.76. The monoisotopic (exact) mass is 326 g/mol. The van der Waals surface area contributed by atoms with Crippen molar-refractivity contribution < 1.29 is 4.79 Å². The number of nitrogens with one attached hydrogen (secondary N) is 2. The Morgan fingerprint density at radius 2 is 2.25 bits per heavy atom. The zero-order valence-corrected chi connectivity index (χ0v) is 13.8. The normalized spacial score (nSPS) is 20.4. The van der Waals surface area contributed by atoms with Crippen molar-refractivity contribution in [3.05, 3.63) is 29.8 Å². The van der Waals surface area contributed by atoms with Gasteiger partial charge in [-0.1, -0.05) is 0 Å². The molecule has 2 aromatic heterocycles. The third-order valence-electron chi connectivity index (χ3n) is 4.66. The van der Waals surface area contributed by atoms with Gasteiger partial charge in [0.2, 0.25) is 5.91 Å². The standard InChI is InChI=1S/C17H22N6O/c1-11-8-16(22-21-11)20-14-4-6-18-15(19-14)9-12-5-7-23(10-12)17(24)13-2-3-13/h4,6,8,12-13H,2-3,5,7,9-10H2,1H3,(H2,18,19,20,21,22)/t12-/m0/s1. The van der Waals surface area contributed by atoms with Gasteiger partial charge in [0.25, 0.3) is 0 Å². The van der Waals surface area contributed by atoms with Crippen LogP contribution in [0.25, 0.3) is 0 Å². The molecule has 1 aliphatic carbocycles. The molecule has 0 unspecified atom stereocenters. The maximum absolute atomic E-state index is 12.1. The predicted octanol–water partition coefficient (Wildman–Crippen LogP) is 2.05. The third-order valence-corrected chi connectivity index (χ3v) is 4.66. The highest BCUT2D eigenvalue weighted by molar-refractivity contribution is 5.81. The Morgan fingerprint density at radius 3 is 3.00 bits per heavy atom. The molecule has 1 saturated carbocycles. The first kappa shape index (κ1) is 15.1. The molecule has 0 radical (unpaired) electrons. The van der Waals surface area contributed by atoms with Crippen LogP contribution in [0.4, 0.5) is 11.6 Å². The minimum Gasteiger partial charge on any atom is -0.342 e. The molecule has 1 saturated heterocycles. The minimum absolute atomic E-state index is 0.310. The van der Waals surface area contributed by atoms with Crippen LogP contribution in [0.2, 0.25) is 0 Å². The number of nitrogens with zero attached hydrogens (tertiary/aromatic N) is 4. The van der Waals surface area contributed by atoms with Crippen molar-refractivity contribution in [2.75, 3.05) is 18.4 Å². The summed E-state index contributed by atoms with van der Waals surface area (Å²) in [5.74, 6) is 3.43. The summed E-state index contributed by atoms with van der Waals surface area (Å²) < 4.78 is 0. The van der Waals surface area contributed by atoms with Crippen molar-refractivity contribution in [2.24, 2.45) is 11.8 Å². The number of hydrogen-bond donors (Lipinski definition) is 2. The number of carbonyl (C=O) groups is 1. The number of H-pyrrole nitrogens is 1. The lowest BCUT2D eigenvalue weighted by atomic mass is 10.0. The highest BCUT2D eigenvalue weighted by atomic mass is 16.2. The molecule has 2 aliphatic rings. The van der Waals surface area contributed by atoms with Crippen LogP contribution in [-0.2, 0) is 11.2 Å². The van der Waals surface area contributed by atoms with Gasteiger partial charge in [-0.15, -0.1) is 0 Å². The fourth-order valence-corrected chi connectivity index (χ4v) is 3.23. The molecule has 4 rings (SSSR count). The van der Waals surface area contributed by atoms with Crippen LogP contribution in [0.1, 0.15) is 30.8 Å². The predicted molar refractivity (Wildman–Crippen MR) is 89.8 cm³/mol. The van der Waals surface area contributed by atoms with Crippen molar-refractivity contribution in [1.29, 1.82) is 0 Å². The molecule has 1 aliphatic heterocycles. The Bertz CT molecular complexity index is 738. The fourth-order valence-electron chi connectivity index (χ4n) is 3.23. The topological polar surface area (TPSA) is 86.8 Å². The molecule has 7 nitrogen and oxygen atoms in total. The van der Waals surface area contributed by atoms with E-state index < -0.39 is 0 Å². The summed E-state index contributed by atoms with van der Waals surface area (Å²) >= 11 is 0. The van der Waals surface area contributed by atoms with Crippen LogP contribution >= 0.6 is 0 Å². The smallest absolute Gasteiger partial charge is 0.225 e. The van der Waals surface area contributed by atoms with E-state index in [2.05, 4.69) is 25.5 Å². The number of amides is 1. The second-order valence-electron chi connectivity index (χ2n) is 6.84. The Morgan fingerprint density at radius 1 is 1.38 bits per heavy atom. The number of rotatable bonds is 5. The van der Waals surface area contributed by atoms with Gasteiger partial charge in [-0.25, -0.2) is 9.97 Å². The van der Waals surface area contributed by atoms with E-state index in [-0.39, 0.29) is 0 Å². The lowest BCUT2D eigenvalue weighted by molar-refractivity contribution is -0.131. The fraction of sp³-hybridized carbons (Fsp3) is 0.529. The summed E-state index contributed by atoms with van der Waals surface area (Å²) in [6, 6.07) is 3.77. The maximum atomic E-state index is 12.1. The van der Waals surface area contributed by atoms with Crippen molar-refractivity contribution in [3.8, 4) is 0 Å². The number of hydrogen-bond acceptors (Lipinski definition) is 5. The quantitative estimate of drug-likeness (QED) is 0.878. The lowest BCUT2D eigenvalue weighted by Gasteiger charge is -2.16. The number of anilines is 2. The average Bonchev–Trinajstić information content (AvgIpc) is 3.19. The number of aryl methyl sites for hydroxylation is 1. The van der Waals surface area contributed by atoms with E-state index in [9.17, 15) is 4.79 Å². The van der Waals surface area contributed by atoms with Crippen LogP contribution in [0.3, 0.4) is 0 Å². The second kappa shape index (κ2) is 6.22. The van der Waals surface area contributed by atoms with Gasteiger partial charge in [0.1, 0.15) is 11.6 Å². The Balaban J connectivity index is 1.36. The molecule has 126 valence electrons. The average molecular weight is 326 g/mol. The van der Waals surface area contributed by atoms with Crippen LogP contribution in [0, 0.1) is 18.8 Å². The van der Waals surface area contributed by atoms with Gasteiger partial charge in [0.15, 0.2) is 5.82 Å². The molecular formula is C17H22N6O. The Hall–Kier alpha value is -2.44. The molecule has 0 bridgehead atoms. The minimum atomic E-state index is 0.310. The molecule has 7 heteroatoms. The van der Waals surface area contributed by atoms with Gasteiger partial charge in [0, 0.05) is 43.4 Å². The SMILES string of the molecule is Cc1cc(Nc2ccnc(C[C@@H]3CCN(C(=O)C4CC4)C3)n2)n[nH]1. The zero-order valence-electron chi connectivity index (χ0n) is 13.8. The highest BCUT2D eigenvalue weighted by Gasteiger charge is 2.36. The molecule has 0 spiro atoms. The Kier molecular flexibility index (Phi) is 3.92. The third kappa shape index (κ3) is 3.39. The van der Waals surface area contributed by atoms with Crippen LogP contribution in [0.15, 0.2) is 18.3 Å². The van der Waals surface area contributed by atoms with E-state index >= 15 is 0 Å². The number of carbonyl (C=O) groups excluding carboxylic acids is 1. The molecule has 1 atom stereocenters. The first-order valence-electron chi connectivity index (χ1n) is 8.57.